The molecule has 3 heterocycles. The van der Waals surface area contributed by atoms with Crippen molar-refractivity contribution in [2.24, 2.45) is 13.0 Å². The fourth-order valence-corrected chi connectivity index (χ4v) is 6.00. The summed E-state index contributed by atoms with van der Waals surface area (Å²) in [6.45, 7) is 4.98. The highest BCUT2D eigenvalue weighted by molar-refractivity contribution is 5.84. The van der Waals surface area contributed by atoms with Crippen LogP contribution in [0.15, 0.2) is 30.5 Å². The molecule has 32 heavy (non-hydrogen) atoms. The molecule has 0 aliphatic carbocycles. The van der Waals surface area contributed by atoms with E-state index >= 15 is 0 Å². The van der Waals surface area contributed by atoms with E-state index in [1.807, 2.05) is 0 Å². The van der Waals surface area contributed by atoms with E-state index < -0.39 is 0 Å². The van der Waals surface area contributed by atoms with Crippen LogP contribution in [0.3, 0.4) is 0 Å². The number of amides is 1. The number of aromatic nitrogens is 1. The number of carbonyl (C=O) groups excluding carboxylic acids is 1. The van der Waals surface area contributed by atoms with Crippen LogP contribution in [0.25, 0.3) is 10.9 Å². The third-order valence-electron chi connectivity index (χ3n) is 7.63. The van der Waals surface area contributed by atoms with Crippen molar-refractivity contribution < 1.29 is 9.53 Å². The summed E-state index contributed by atoms with van der Waals surface area (Å²) in [4.78, 5) is 18.2. The number of aryl methyl sites for hydroxylation is 2. The first kappa shape index (κ1) is 23.3. The minimum absolute atomic E-state index is 0.328. The molecule has 2 saturated heterocycles. The Labute approximate surface area is 193 Å². The Balaban J connectivity index is 1.35. The molecular weight excluding hydrogens is 398 g/mol. The molecule has 0 spiro atoms. The minimum Gasteiger partial charge on any atom is -0.385 e. The molecule has 2 atom stereocenters. The van der Waals surface area contributed by atoms with E-state index in [4.69, 9.17) is 4.74 Å². The lowest BCUT2D eigenvalue weighted by molar-refractivity contribution is -0.133. The van der Waals surface area contributed by atoms with E-state index in [-0.39, 0.29) is 0 Å². The summed E-state index contributed by atoms with van der Waals surface area (Å²) in [6, 6.07) is 9.24. The highest BCUT2D eigenvalue weighted by atomic mass is 16.5. The van der Waals surface area contributed by atoms with Gasteiger partial charge in [0, 0.05) is 63.4 Å². The maximum atomic E-state index is 13.3. The van der Waals surface area contributed by atoms with Crippen LogP contribution in [0, 0.1) is 5.92 Å². The molecule has 1 amide bonds. The molecule has 4 rings (SSSR count). The Morgan fingerprint density at radius 1 is 1.12 bits per heavy atom. The van der Waals surface area contributed by atoms with Crippen LogP contribution < -0.4 is 0 Å². The topological polar surface area (TPSA) is 37.7 Å². The van der Waals surface area contributed by atoms with Crippen molar-refractivity contribution in [3.05, 3.63) is 36.0 Å². The molecule has 1 aromatic heterocycles. The van der Waals surface area contributed by atoms with Gasteiger partial charge in [0.15, 0.2) is 0 Å². The number of para-hydroxylation sites is 1. The standard InChI is InChI=1S/C27H41N3O2/c1-28-20-22(24-12-3-4-14-26(24)28)10-7-15-27(31)30(18-9-19-32-2)21-23-11-8-17-29-16-6-5-13-25(23)29/h3-4,12,14,20,23,25H,5-11,13,15-19,21H2,1-2H3/t23-,25+/m0/s1. The summed E-state index contributed by atoms with van der Waals surface area (Å²) >= 11 is 0. The number of rotatable bonds is 10. The fraction of sp³-hybridized carbons (Fsp3) is 0.667. The predicted molar refractivity (Wildman–Crippen MR) is 131 cm³/mol. The minimum atomic E-state index is 0.328. The number of piperidine rings is 2. The molecule has 0 unspecified atom stereocenters. The van der Waals surface area contributed by atoms with E-state index in [9.17, 15) is 4.79 Å². The zero-order valence-electron chi connectivity index (χ0n) is 20.1. The molecule has 0 N–H and O–H groups in total. The fourth-order valence-electron chi connectivity index (χ4n) is 6.00. The highest BCUT2D eigenvalue weighted by Crippen LogP contribution is 2.31. The maximum absolute atomic E-state index is 13.3. The largest absolute Gasteiger partial charge is 0.385 e. The lowest BCUT2D eigenvalue weighted by atomic mass is 9.83. The predicted octanol–water partition coefficient (Wildman–Crippen LogP) is 4.63. The van der Waals surface area contributed by atoms with Crippen molar-refractivity contribution in [2.45, 2.75) is 63.8 Å². The van der Waals surface area contributed by atoms with Gasteiger partial charge in [-0.05, 0) is 75.6 Å². The summed E-state index contributed by atoms with van der Waals surface area (Å²) in [5, 5.41) is 1.32. The number of fused-ring (bicyclic) bond motifs is 2. The monoisotopic (exact) mass is 439 g/mol. The second-order valence-electron chi connectivity index (χ2n) is 9.82. The van der Waals surface area contributed by atoms with E-state index in [1.54, 1.807) is 7.11 Å². The summed E-state index contributed by atoms with van der Waals surface area (Å²) in [5.41, 5.74) is 2.62. The third-order valence-corrected chi connectivity index (χ3v) is 7.63. The smallest absolute Gasteiger partial charge is 0.222 e. The molecule has 5 nitrogen and oxygen atoms in total. The molecule has 5 heteroatoms. The summed E-state index contributed by atoms with van der Waals surface area (Å²) in [7, 11) is 3.85. The number of hydrogen-bond acceptors (Lipinski definition) is 3. The van der Waals surface area contributed by atoms with Crippen LogP contribution in [0.5, 0.6) is 0 Å². The van der Waals surface area contributed by atoms with Crippen LogP contribution >= 0.6 is 0 Å². The van der Waals surface area contributed by atoms with Gasteiger partial charge in [0.05, 0.1) is 0 Å². The van der Waals surface area contributed by atoms with Crippen molar-refractivity contribution in [2.75, 3.05) is 39.9 Å². The van der Waals surface area contributed by atoms with E-state index in [0.717, 1.165) is 39.0 Å². The van der Waals surface area contributed by atoms with Crippen molar-refractivity contribution in [3.63, 3.8) is 0 Å². The zero-order chi connectivity index (χ0) is 22.3. The molecule has 2 fully saturated rings. The van der Waals surface area contributed by atoms with E-state index in [2.05, 4.69) is 51.9 Å². The van der Waals surface area contributed by atoms with E-state index in [1.165, 1.54) is 61.7 Å². The van der Waals surface area contributed by atoms with Gasteiger partial charge in [-0.15, -0.1) is 0 Å². The van der Waals surface area contributed by atoms with Crippen LogP contribution in [-0.4, -0.2) is 66.2 Å². The Hall–Kier alpha value is -1.85. The number of carbonyl (C=O) groups is 1. The average Bonchev–Trinajstić information content (AvgIpc) is 3.14. The van der Waals surface area contributed by atoms with Gasteiger partial charge >= 0.3 is 0 Å². The molecule has 176 valence electrons. The van der Waals surface area contributed by atoms with Gasteiger partial charge in [-0.25, -0.2) is 0 Å². The van der Waals surface area contributed by atoms with Crippen molar-refractivity contribution >= 4 is 16.8 Å². The molecule has 0 bridgehead atoms. The lowest BCUT2D eigenvalue weighted by Gasteiger charge is -2.45. The number of ether oxygens (including phenoxy) is 1. The van der Waals surface area contributed by atoms with Crippen LogP contribution in [0.4, 0.5) is 0 Å². The first-order valence-corrected chi connectivity index (χ1v) is 12.7. The summed E-state index contributed by atoms with van der Waals surface area (Å²) < 4.78 is 7.48. The molecular formula is C27H41N3O2. The zero-order valence-corrected chi connectivity index (χ0v) is 20.1. The molecule has 2 aliphatic heterocycles. The third kappa shape index (κ3) is 5.55. The normalized spacial score (nSPS) is 21.6. The van der Waals surface area contributed by atoms with Crippen molar-refractivity contribution in [1.29, 1.82) is 0 Å². The first-order chi connectivity index (χ1) is 15.7. The number of hydrogen-bond donors (Lipinski definition) is 0. The van der Waals surface area contributed by atoms with Crippen LogP contribution in [-0.2, 0) is 23.0 Å². The Morgan fingerprint density at radius 2 is 1.97 bits per heavy atom. The molecule has 0 saturated carbocycles. The SMILES string of the molecule is COCCCN(C[C@@H]1CCCN2CCCC[C@H]12)C(=O)CCCc1cn(C)c2ccccc12. The van der Waals surface area contributed by atoms with Crippen molar-refractivity contribution in [3.8, 4) is 0 Å². The van der Waals surface area contributed by atoms with E-state index in [0.29, 0.717) is 24.3 Å². The van der Waals surface area contributed by atoms with Gasteiger partial charge in [-0.1, -0.05) is 24.6 Å². The van der Waals surface area contributed by atoms with Crippen LogP contribution in [0.2, 0.25) is 0 Å². The Kier molecular flexibility index (Phi) is 8.26. The molecule has 0 radical (unpaired) electrons. The molecule has 2 aliphatic rings. The van der Waals surface area contributed by atoms with Gasteiger partial charge in [0.25, 0.3) is 0 Å². The second-order valence-corrected chi connectivity index (χ2v) is 9.82. The maximum Gasteiger partial charge on any atom is 0.222 e. The van der Waals surface area contributed by atoms with Crippen molar-refractivity contribution in [1.82, 2.24) is 14.4 Å². The molecule has 1 aromatic carbocycles. The van der Waals surface area contributed by atoms with Crippen LogP contribution in [0.1, 0.15) is 56.9 Å². The number of benzene rings is 1. The van der Waals surface area contributed by atoms with Gasteiger partial charge in [0.1, 0.15) is 0 Å². The van der Waals surface area contributed by atoms with Gasteiger partial charge < -0.3 is 19.1 Å². The molecule has 2 aromatic rings. The summed E-state index contributed by atoms with van der Waals surface area (Å²) in [5.74, 6) is 0.961. The first-order valence-electron chi connectivity index (χ1n) is 12.7. The highest BCUT2D eigenvalue weighted by Gasteiger charge is 2.34. The Bertz CT molecular complexity index is 875. The number of methoxy groups -OCH3 is 1. The quantitative estimate of drug-likeness (QED) is 0.507. The number of nitrogens with zero attached hydrogens (tertiary/aromatic N) is 3. The van der Waals surface area contributed by atoms with Gasteiger partial charge in [0.2, 0.25) is 5.91 Å². The average molecular weight is 440 g/mol. The summed E-state index contributed by atoms with van der Waals surface area (Å²) in [6.07, 6.45) is 12.2. The second kappa shape index (κ2) is 11.3. The Morgan fingerprint density at radius 3 is 2.84 bits per heavy atom. The lowest BCUT2D eigenvalue weighted by Crippen LogP contribution is -2.51. The van der Waals surface area contributed by atoms with Gasteiger partial charge in [-0.3, -0.25) is 4.79 Å². The van der Waals surface area contributed by atoms with Gasteiger partial charge in [-0.2, -0.15) is 0 Å².